The second kappa shape index (κ2) is 9.14. The highest BCUT2D eigenvalue weighted by molar-refractivity contribution is 5.85. The fourth-order valence-electron chi connectivity index (χ4n) is 1.81. The number of aromatic nitrogens is 1. The Labute approximate surface area is 140 Å². The minimum Gasteiger partial charge on any atom is -0.497 e. The van der Waals surface area contributed by atoms with Crippen LogP contribution < -0.4 is 20.1 Å². The van der Waals surface area contributed by atoms with Crippen molar-refractivity contribution in [2.24, 2.45) is 0 Å². The van der Waals surface area contributed by atoms with E-state index in [-0.39, 0.29) is 25.0 Å². The first-order chi connectivity index (χ1) is 11.7. The molecule has 2 aromatic rings. The Bertz CT molecular complexity index is 659. The third-order valence-electron chi connectivity index (χ3n) is 3.11. The summed E-state index contributed by atoms with van der Waals surface area (Å²) in [5.74, 6) is 0.611. The second-order valence-corrected chi connectivity index (χ2v) is 4.87. The van der Waals surface area contributed by atoms with Crippen LogP contribution in [0.5, 0.6) is 11.5 Å². The quantitative estimate of drug-likeness (QED) is 0.751. The van der Waals surface area contributed by atoms with Crippen LogP contribution in [-0.2, 0) is 16.1 Å². The molecule has 0 aliphatic rings. The van der Waals surface area contributed by atoms with Crippen LogP contribution in [-0.4, -0.2) is 37.1 Å². The topological polar surface area (TPSA) is 89.5 Å². The molecule has 1 aromatic carbocycles. The molecule has 0 spiro atoms. The van der Waals surface area contributed by atoms with Gasteiger partial charge in [-0.2, -0.15) is 0 Å². The van der Waals surface area contributed by atoms with E-state index < -0.39 is 0 Å². The normalized spacial score (nSPS) is 9.88. The highest BCUT2D eigenvalue weighted by Crippen LogP contribution is 2.16. The summed E-state index contributed by atoms with van der Waals surface area (Å²) in [7, 11) is 1.57. The van der Waals surface area contributed by atoms with E-state index in [1.807, 2.05) is 12.1 Å². The zero-order valence-electron chi connectivity index (χ0n) is 13.3. The average molecular weight is 329 g/mol. The van der Waals surface area contributed by atoms with Gasteiger partial charge in [-0.25, -0.2) is 0 Å². The summed E-state index contributed by atoms with van der Waals surface area (Å²) in [4.78, 5) is 27.2. The molecule has 7 nitrogen and oxygen atoms in total. The van der Waals surface area contributed by atoms with Gasteiger partial charge in [-0.3, -0.25) is 14.6 Å². The molecule has 24 heavy (non-hydrogen) atoms. The maximum Gasteiger partial charge on any atom is 0.258 e. The first kappa shape index (κ1) is 17.3. The smallest absolute Gasteiger partial charge is 0.258 e. The molecule has 2 amide bonds. The molecule has 126 valence electrons. The molecule has 0 bridgehead atoms. The van der Waals surface area contributed by atoms with E-state index in [0.717, 1.165) is 5.56 Å². The summed E-state index contributed by atoms with van der Waals surface area (Å²) >= 11 is 0. The number of hydrogen-bond acceptors (Lipinski definition) is 5. The van der Waals surface area contributed by atoms with Gasteiger partial charge in [0.05, 0.1) is 13.7 Å². The number of carbonyl (C=O) groups excluding carboxylic acids is 2. The number of amides is 2. The van der Waals surface area contributed by atoms with Gasteiger partial charge >= 0.3 is 0 Å². The van der Waals surface area contributed by atoms with Gasteiger partial charge < -0.3 is 20.1 Å². The van der Waals surface area contributed by atoms with Crippen LogP contribution in [0.1, 0.15) is 5.56 Å². The standard InChI is InChI=1S/C17H19N3O4/c1-23-14-2-4-15(5-3-14)24-12-17(22)20-11-16(21)19-10-13-6-8-18-9-7-13/h2-9H,10-12H2,1H3,(H,19,21)(H,20,22). The monoisotopic (exact) mass is 329 g/mol. The first-order valence-electron chi connectivity index (χ1n) is 7.36. The van der Waals surface area contributed by atoms with E-state index in [9.17, 15) is 9.59 Å². The van der Waals surface area contributed by atoms with Crippen LogP contribution in [0.3, 0.4) is 0 Å². The Balaban J connectivity index is 1.64. The second-order valence-electron chi connectivity index (χ2n) is 4.87. The van der Waals surface area contributed by atoms with Crippen molar-refractivity contribution < 1.29 is 19.1 Å². The lowest BCUT2D eigenvalue weighted by atomic mass is 10.3. The molecule has 1 aromatic heterocycles. The van der Waals surface area contributed by atoms with E-state index in [2.05, 4.69) is 15.6 Å². The van der Waals surface area contributed by atoms with Crippen LogP contribution >= 0.6 is 0 Å². The number of rotatable bonds is 8. The molecule has 1 heterocycles. The van der Waals surface area contributed by atoms with Gasteiger partial charge in [-0.15, -0.1) is 0 Å². The number of nitrogens with zero attached hydrogens (tertiary/aromatic N) is 1. The van der Waals surface area contributed by atoms with Crippen molar-refractivity contribution >= 4 is 11.8 Å². The van der Waals surface area contributed by atoms with Crippen molar-refractivity contribution in [3.63, 3.8) is 0 Å². The highest BCUT2D eigenvalue weighted by Gasteiger charge is 2.06. The van der Waals surface area contributed by atoms with E-state index in [1.165, 1.54) is 0 Å². The van der Waals surface area contributed by atoms with E-state index in [1.54, 1.807) is 43.8 Å². The van der Waals surface area contributed by atoms with E-state index >= 15 is 0 Å². The number of carbonyl (C=O) groups is 2. The minimum absolute atomic E-state index is 0.101. The lowest BCUT2D eigenvalue weighted by molar-refractivity contribution is -0.127. The minimum atomic E-state index is -0.370. The van der Waals surface area contributed by atoms with Crippen molar-refractivity contribution in [3.05, 3.63) is 54.4 Å². The number of nitrogens with one attached hydrogen (secondary N) is 2. The molecule has 0 aliphatic carbocycles. The Kier molecular flexibility index (Phi) is 6.58. The van der Waals surface area contributed by atoms with Gasteiger partial charge in [0, 0.05) is 18.9 Å². The maximum atomic E-state index is 11.7. The SMILES string of the molecule is COc1ccc(OCC(=O)NCC(=O)NCc2ccncc2)cc1. The van der Waals surface area contributed by atoms with Crippen LogP contribution in [0.25, 0.3) is 0 Å². The predicted molar refractivity (Wildman–Crippen MR) is 87.6 cm³/mol. The molecule has 2 rings (SSSR count). The van der Waals surface area contributed by atoms with Gasteiger partial charge in [0.1, 0.15) is 11.5 Å². The Hall–Kier alpha value is -3.09. The molecule has 0 aliphatic heterocycles. The van der Waals surface area contributed by atoms with Crippen molar-refractivity contribution in [1.82, 2.24) is 15.6 Å². The first-order valence-corrected chi connectivity index (χ1v) is 7.36. The largest absolute Gasteiger partial charge is 0.497 e. The van der Waals surface area contributed by atoms with Gasteiger partial charge in [-0.1, -0.05) is 0 Å². The lowest BCUT2D eigenvalue weighted by Crippen LogP contribution is -2.38. The van der Waals surface area contributed by atoms with Crippen LogP contribution in [0.2, 0.25) is 0 Å². The summed E-state index contributed by atoms with van der Waals surface area (Å²) in [6, 6.07) is 10.5. The summed E-state index contributed by atoms with van der Waals surface area (Å²) in [6.45, 7) is 0.124. The maximum absolute atomic E-state index is 11.7. The molecule has 0 saturated carbocycles. The Morgan fingerprint density at radius 3 is 2.29 bits per heavy atom. The molecule has 0 atom stereocenters. The van der Waals surface area contributed by atoms with Crippen molar-refractivity contribution in [1.29, 1.82) is 0 Å². The van der Waals surface area contributed by atoms with Crippen LogP contribution in [0, 0.1) is 0 Å². The Morgan fingerprint density at radius 2 is 1.62 bits per heavy atom. The molecule has 0 radical (unpaired) electrons. The number of benzene rings is 1. The summed E-state index contributed by atoms with van der Waals surface area (Å²) < 4.78 is 10.4. The van der Waals surface area contributed by atoms with Gasteiger partial charge in [0.25, 0.3) is 5.91 Å². The Morgan fingerprint density at radius 1 is 0.958 bits per heavy atom. The van der Waals surface area contributed by atoms with Crippen LogP contribution in [0.15, 0.2) is 48.8 Å². The fourth-order valence-corrected chi connectivity index (χ4v) is 1.81. The molecular weight excluding hydrogens is 310 g/mol. The third-order valence-corrected chi connectivity index (χ3v) is 3.11. The summed E-state index contributed by atoms with van der Waals surface area (Å²) in [6.07, 6.45) is 3.31. The van der Waals surface area contributed by atoms with Gasteiger partial charge in [0.2, 0.25) is 5.91 Å². The molecule has 7 heteroatoms. The van der Waals surface area contributed by atoms with E-state index in [0.29, 0.717) is 18.0 Å². The van der Waals surface area contributed by atoms with Gasteiger partial charge in [0.15, 0.2) is 6.61 Å². The molecule has 0 fully saturated rings. The zero-order chi connectivity index (χ0) is 17.2. The molecular formula is C17H19N3O4. The summed E-state index contributed by atoms with van der Waals surface area (Å²) in [5.41, 5.74) is 0.938. The van der Waals surface area contributed by atoms with Gasteiger partial charge in [-0.05, 0) is 42.0 Å². The van der Waals surface area contributed by atoms with Crippen molar-refractivity contribution in [3.8, 4) is 11.5 Å². The highest BCUT2D eigenvalue weighted by atomic mass is 16.5. The average Bonchev–Trinajstić information content (AvgIpc) is 2.64. The van der Waals surface area contributed by atoms with Crippen molar-refractivity contribution in [2.75, 3.05) is 20.3 Å². The number of pyridine rings is 1. The van der Waals surface area contributed by atoms with E-state index in [4.69, 9.17) is 9.47 Å². The van der Waals surface area contributed by atoms with Crippen molar-refractivity contribution in [2.45, 2.75) is 6.54 Å². The fraction of sp³-hybridized carbons (Fsp3) is 0.235. The lowest BCUT2D eigenvalue weighted by Gasteiger charge is -2.08. The molecule has 0 saturated heterocycles. The predicted octanol–water partition coefficient (Wildman–Crippen LogP) is 0.902. The molecule has 0 unspecified atom stereocenters. The molecule has 2 N–H and O–H groups in total. The number of hydrogen-bond donors (Lipinski definition) is 2. The number of methoxy groups -OCH3 is 1. The zero-order valence-corrected chi connectivity index (χ0v) is 13.3. The van der Waals surface area contributed by atoms with Crippen LogP contribution in [0.4, 0.5) is 0 Å². The summed E-state index contributed by atoms with van der Waals surface area (Å²) in [5, 5.41) is 5.20. The number of ether oxygens (including phenoxy) is 2. The third kappa shape index (κ3) is 5.96.